The first-order valence-corrected chi connectivity index (χ1v) is 9.62. The van der Waals surface area contributed by atoms with Crippen LogP contribution in [0.4, 0.5) is 0 Å². The molecule has 0 aromatic heterocycles. The molecule has 4 rings (SSSR count). The van der Waals surface area contributed by atoms with E-state index >= 15 is 0 Å². The van der Waals surface area contributed by atoms with Crippen molar-refractivity contribution < 1.29 is 9.47 Å². The van der Waals surface area contributed by atoms with Crippen LogP contribution < -0.4 is 9.47 Å². The number of hydrogen-bond acceptors (Lipinski definition) is 3. The van der Waals surface area contributed by atoms with Gasteiger partial charge >= 0.3 is 0 Å². The van der Waals surface area contributed by atoms with Crippen molar-refractivity contribution in [1.29, 1.82) is 0 Å². The Kier molecular flexibility index (Phi) is 4.66. The normalized spacial score (nSPS) is 24.8. The van der Waals surface area contributed by atoms with E-state index < -0.39 is 0 Å². The van der Waals surface area contributed by atoms with E-state index in [1.807, 2.05) is 0 Å². The summed E-state index contributed by atoms with van der Waals surface area (Å²) in [5, 5.41) is 0. The Bertz CT molecular complexity index is 801. The molecule has 3 atom stereocenters. The van der Waals surface area contributed by atoms with Gasteiger partial charge in [-0.25, -0.2) is 0 Å². The molecular formula is C23H29NO2. The van der Waals surface area contributed by atoms with Gasteiger partial charge in [0.1, 0.15) is 0 Å². The molecule has 1 aliphatic carbocycles. The summed E-state index contributed by atoms with van der Waals surface area (Å²) in [4.78, 5) is 2.57. The van der Waals surface area contributed by atoms with Gasteiger partial charge in [-0.3, -0.25) is 0 Å². The number of likely N-dealkylation sites (N-methyl/N-ethyl adjacent to an activating group) is 1. The number of methoxy groups -OCH3 is 2. The number of fused-ring (bicyclic) bond motifs is 3. The molecule has 2 aliphatic rings. The average Bonchev–Trinajstić information content (AvgIpc) is 2.96. The molecule has 0 N–H and O–H groups in total. The SMILES string of the molecule is COc1ccc2c(c1OC)CCC1C2CN(C)C1Cc1cccc(C)c1. The van der Waals surface area contributed by atoms with E-state index in [0.717, 1.165) is 30.9 Å². The van der Waals surface area contributed by atoms with Gasteiger partial charge in [0.25, 0.3) is 0 Å². The number of hydrogen-bond donors (Lipinski definition) is 0. The second-order valence-corrected chi connectivity index (χ2v) is 7.88. The summed E-state index contributed by atoms with van der Waals surface area (Å²) >= 11 is 0. The molecule has 0 amide bonds. The molecule has 0 bridgehead atoms. The maximum absolute atomic E-state index is 5.71. The van der Waals surface area contributed by atoms with Crippen LogP contribution in [0.2, 0.25) is 0 Å². The van der Waals surface area contributed by atoms with Crippen molar-refractivity contribution in [3.63, 3.8) is 0 Å². The van der Waals surface area contributed by atoms with Crippen molar-refractivity contribution in [1.82, 2.24) is 4.90 Å². The van der Waals surface area contributed by atoms with E-state index in [4.69, 9.17) is 9.47 Å². The summed E-state index contributed by atoms with van der Waals surface area (Å²) in [5.41, 5.74) is 5.64. The third-order valence-corrected chi connectivity index (χ3v) is 6.40. The zero-order valence-corrected chi connectivity index (χ0v) is 16.3. The minimum Gasteiger partial charge on any atom is -0.493 e. The van der Waals surface area contributed by atoms with Gasteiger partial charge < -0.3 is 14.4 Å². The van der Waals surface area contributed by atoms with Gasteiger partial charge in [0.2, 0.25) is 0 Å². The highest BCUT2D eigenvalue weighted by molar-refractivity contribution is 5.53. The average molecular weight is 351 g/mol. The number of aryl methyl sites for hydroxylation is 1. The van der Waals surface area contributed by atoms with Crippen molar-refractivity contribution in [3.05, 3.63) is 58.7 Å². The van der Waals surface area contributed by atoms with E-state index in [1.165, 1.54) is 28.7 Å². The molecule has 3 heteroatoms. The maximum Gasteiger partial charge on any atom is 0.164 e. The third-order valence-electron chi connectivity index (χ3n) is 6.40. The molecular weight excluding hydrogens is 322 g/mol. The largest absolute Gasteiger partial charge is 0.493 e. The first-order valence-electron chi connectivity index (χ1n) is 9.62. The zero-order valence-electron chi connectivity index (χ0n) is 16.3. The molecule has 1 saturated heterocycles. The number of nitrogens with zero attached hydrogens (tertiary/aromatic N) is 1. The van der Waals surface area contributed by atoms with Gasteiger partial charge in [0.15, 0.2) is 11.5 Å². The Morgan fingerprint density at radius 1 is 1.12 bits per heavy atom. The minimum absolute atomic E-state index is 0.596. The van der Waals surface area contributed by atoms with E-state index in [2.05, 4.69) is 55.3 Å². The summed E-state index contributed by atoms with van der Waals surface area (Å²) in [7, 11) is 5.77. The molecule has 138 valence electrons. The number of benzene rings is 2. The second-order valence-electron chi connectivity index (χ2n) is 7.88. The predicted octanol–water partition coefficient (Wildman–Crippen LogP) is 4.21. The highest BCUT2D eigenvalue weighted by Crippen LogP contribution is 2.49. The van der Waals surface area contributed by atoms with E-state index in [0.29, 0.717) is 17.9 Å². The molecule has 0 spiro atoms. The van der Waals surface area contributed by atoms with E-state index in [-0.39, 0.29) is 0 Å². The standard InChI is InChI=1S/C23H29NO2/c1-15-6-5-7-16(12-15)13-21-18-8-9-19-17(20(18)14-24(21)2)10-11-22(25-3)23(19)26-4/h5-7,10-12,18,20-21H,8-9,13-14H2,1-4H3. The van der Waals surface area contributed by atoms with Crippen LogP contribution in [-0.4, -0.2) is 38.8 Å². The van der Waals surface area contributed by atoms with Crippen molar-refractivity contribution in [3.8, 4) is 11.5 Å². The Balaban J connectivity index is 1.64. The van der Waals surface area contributed by atoms with Crippen LogP contribution in [0.1, 0.15) is 34.6 Å². The fourth-order valence-electron chi connectivity index (χ4n) is 5.21. The van der Waals surface area contributed by atoms with E-state index in [9.17, 15) is 0 Å². The van der Waals surface area contributed by atoms with Crippen LogP contribution in [0.25, 0.3) is 0 Å². The topological polar surface area (TPSA) is 21.7 Å². The quantitative estimate of drug-likeness (QED) is 0.823. The smallest absolute Gasteiger partial charge is 0.164 e. The molecule has 1 fully saturated rings. The lowest BCUT2D eigenvalue weighted by atomic mass is 9.73. The molecule has 1 aliphatic heterocycles. The van der Waals surface area contributed by atoms with Gasteiger partial charge in [0, 0.05) is 24.1 Å². The highest BCUT2D eigenvalue weighted by Gasteiger charge is 2.44. The Labute approximate surface area is 156 Å². The third kappa shape index (κ3) is 2.88. The zero-order chi connectivity index (χ0) is 18.3. The Hall–Kier alpha value is -2.00. The Morgan fingerprint density at radius 3 is 2.69 bits per heavy atom. The Morgan fingerprint density at radius 2 is 1.96 bits per heavy atom. The fraction of sp³-hybridized carbons (Fsp3) is 0.478. The summed E-state index contributed by atoms with van der Waals surface area (Å²) in [6.45, 7) is 3.31. The first kappa shape index (κ1) is 17.4. The molecule has 2 aromatic rings. The molecule has 1 heterocycles. The number of ether oxygens (including phenoxy) is 2. The minimum atomic E-state index is 0.596. The van der Waals surface area contributed by atoms with Crippen LogP contribution in [0.3, 0.4) is 0 Å². The van der Waals surface area contributed by atoms with Crippen molar-refractivity contribution in [2.24, 2.45) is 5.92 Å². The number of likely N-dealkylation sites (tertiary alicyclic amines) is 1. The lowest BCUT2D eigenvalue weighted by Gasteiger charge is -2.32. The lowest BCUT2D eigenvalue weighted by molar-refractivity contribution is 0.258. The molecule has 0 radical (unpaired) electrons. The maximum atomic E-state index is 5.71. The summed E-state index contributed by atoms with van der Waals surface area (Å²) in [6.07, 6.45) is 3.44. The van der Waals surface area contributed by atoms with Crippen LogP contribution in [0, 0.1) is 12.8 Å². The van der Waals surface area contributed by atoms with Gasteiger partial charge in [-0.1, -0.05) is 35.9 Å². The molecule has 26 heavy (non-hydrogen) atoms. The second kappa shape index (κ2) is 6.96. The summed E-state index contributed by atoms with van der Waals surface area (Å²) in [5.74, 6) is 3.10. The summed E-state index contributed by atoms with van der Waals surface area (Å²) < 4.78 is 11.2. The molecule has 3 nitrogen and oxygen atoms in total. The fourth-order valence-corrected chi connectivity index (χ4v) is 5.21. The van der Waals surface area contributed by atoms with Gasteiger partial charge in [-0.05, 0) is 56.3 Å². The predicted molar refractivity (Wildman–Crippen MR) is 105 cm³/mol. The van der Waals surface area contributed by atoms with Crippen LogP contribution in [0.5, 0.6) is 11.5 Å². The highest BCUT2D eigenvalue weighted by atomic mass is 16.5. The van der Waals surface area contributed by atoms with Crippen molar-refractivity contribution in [2.45, 2.75) is 38.1 Å². The first-order chi connectivity index (χ1) is 12.6. The van der Waals surface area contributed by atoms with Crippen LogP contribution >= 0.6 is 0 Å². The van der Waals surface area contributed by atoms with Crippen LogP contribution in [0.15, 0.2) is 36.4 Å². The van der Waals surface area contributed by atoms with Gasteiger partial charge in [-0.2, -0.15) is 0 Å². The molecule has 3 unspecified atom stereocenters. The van der Waals surface area contributed by atoms with Crippen LogP contribution in [-0.2, 0) is 12.8 Å². The summed E-state index contributed by atoms with van der Waals surface area (Å²) in [6, 6.07) is 13.9. The van der Waals surface area contributed by atoms with Crippen molar-refractivity contribution >= 4 is 0 Å². The van der Waals surface area contributed by atoms with Gasteiger partial charge in [-0.15, -0.1) is 0 Å². The molecule has 2 aromatic carbocycles. The lowest BCUT2D eigenvalue weighted by Crippen LogP contribution is -2.32. The van der Waals surface area contributed by atoms with E-state index in [1.54, 1.807) is 14.2 Å². The monoisotopic (exact) mass is 351 g/mol. The molecule has 0 saturated carbocycles. The van der Waals surface area contributed by atoms with Gasteiger partial charge in [0.05, 0.1) is 14.2 Å². The number of rotatable bonds is 4. The van der Waals surface area contributed by atoms with Crippen molar-refractivity contribution in [2.75, 3.05) is 27.8 Å².